The minimum Gasteiger partial charge on any atom is -0.465 e. The van der Waals surface area contributed by atoms with E-state index in [0.29, 0.717) is 5.76 Å². The first-order chi connectivity index (χ1) is 7.81. The second-order valence-corrected chi connectivity index (χ2v) is 3.49. The van der Waals surface area contributed by atoms with Gasteiger partial charge in [-0.2, -0.15) is 0 Å². The van der Waals surface area contributed by atoms with Crippen molar-refractivity contribution < 1.29 is 14.3 Å². The highest BCUT2D eigenvalue weighted by atomic mass is 16.5. The Balaban J connectivity index is 2.09. The second kappa shape index (κ2) is 4.81. The van der Waals surface area contributed by atoms with E-state index in [1.807, 2.05) is 12.2 Å². The number of nitrogens with two attached hydrogens (primary N) is 1. The molecule has 0 saturated heterocycles. The fourth-order valence-electron chi connectivity index (χ4n) is 1.50. The summed E-state index contributed by atoms with van der Waals surface area (Å²) in [4.78, 5) is 11.3. The Kier molecular flexibility index (Phi) is 3.22. The molecule has 0 aromatic heterocycles. The van der Waals surface area contributed by atoms with E-state index >= 15 is 0 Å². The molecule has 0 amide bonds. The minimum absolute atomic E-state index is 0.0819. The molecule has 4 nitrogen and oxygen atoms in total. The predicted molar refractivity (Wildman–Crippen MR) is 58.9 cm³/mol. The Morgan fingerprint density at radius 2 is 2.31 bits per heavy atom. The van der Waals surface area contributed by atoms with E-state index < -0.39 is 0 Å². The lowest BCUT2D eigenvalue weighted by atomic mass is 10.0. The highest BCUT2D eigenvalue weighted by Crippen LogP contribution is 2.26. The van der Waals surface area contributed by atoms with Gasteiger partial charge in [-0.15, -0.1) is 0 Å². The average molecular weight is 219 g/mol. The zero-order valence-electron chi connectivity index (χ0n) is 8.81. The van der Waals surface area contributed by atoms with Gasteiger partial charge in [0.05, 0.1) is 6.54 Å². The fraction of sp³-hybridized carbons (Fsp3) is 0.250. The number of hydrogen-bond donors (Lipinski definition) is 1. The van der Waals surface area contributed by atoms with Gasteiger partial charge in [-0.3, -0.25) is 4.79 Å². The molecule has 2 rings (SSSR count). The molecule has 0 spiro atoms. The third-order valence-electron chi connectivity index (χ3n) is 2.36. The number of carbonyl (C=O) groups excluding carboxylic acids is 1. The van der Waals surface area contributed by atoms with Crippen molar-refractivity contribution in [2.75, 3.05) is 6.54 Å². The van der Waals surface area contributed by atoms with Gasteiger partial charge in [0, 0.05) is 0 Å². The van der Waals surface area contributed by atoms with Crippen molar-refractivity contribution in [2.24, 2.45) is 5.73 Å². The molecule has 0 aromatic carbocycles. The van der Waals surface area contributed by atoms with Crippen molar-refractivity contribution in [1.29, 1.82) is 0 Å². The van der Waals surface area contributed by atoms with E-state index in [9.17, 15) is 4.79 Å². The molecule has 0 radical (unpaired) electrons. The molecule has 2 aliphatic rings. The summed E-state index contributed by atoms with van der Waals surface area (Å²) in [5, 5.41) is 0. The summed E-state index contributed by atoms with van der Waals surface area (Å²) >= 11 is 0. The summed E-state index contributed by atoms with van der Waals surface area (Å²) in [5.41, 5.74) is 6.28. The van der Waals surface area contributed by atoms with Crippen LogP contribution in [0.5, 0.6) is 0 Å². The Morgan fingerprint density at radius 1 is 1.44 bits per heavy atom. The number of Topliss-reactive ketones (excluding diaryl/α,β-unsaturated/α-hetero) is 1. The van der Waals surface area contributed by atoms with Gasteiger partial charge in [-0.25, -0.2) is 0 Å². The number of hydrogen-bond acceptors (Lipinski definition) is 4. The summed E-state index contributed by atoms with van der Waals surface area (Å²) in [7, 11) is 0. The highest BCUT2D eigenvalue weighted by Gasteiger charge is 2.19. The standard InChI is InChI=1S/C12H13NO3/c13-6-10(14)12-8-15-7-11(16-12)9-4-2-1-3-5-9/h1-2,4,7-8H,3,5-6,13H2. The van der Waals surface area contributed by atoms with Crippen LogP contribution >= 0.6 is 0 Å². The van der Waals surface area contributed by atoms with Crippen LogP contribution < -0.4 is 5.73 Å². The maximum atomic E-state index is 11.3. The largest absolute Gasteiger partial charge is 0.465 e. The van der Waals surface area contributed by atoms with Crippen molar-refractivity contribution in [3.05, 3.63) is 47.8 Å². The molecule has 84 valence electrons. The molecule has 2 N–H and O–H groups in total. The summed E-state index contributed by atoms with van der Waals surface area (Å²) in [5.74, 6) is 0.483. The van der Waals surface area contributed by atoms with Gasteiger partial charge in [0.25, 0.3) is 0 Å². The molecule has 0 aromatic rings. The van der Waals surface area contributed by atoms with Crippen LogP contribution in [-0.2, 0) is 14.3 Å². The number of allylic oxidation sites excluding steroid dienone is 4. The summed E-state index contributed by atoms with van der Waals surface area (Å²) in [6, 6.07) is 0. The smallest absolute Gasteiger partial charge is 0.214 e. The summed E-state index contributed by atoms with van der Waals surface area (Å²) in [6.45, 7) is -0.0819. The topological polar surface area (TPSA) is 61.6 Å². The van der Waals surface area contributed by atoms with Crippen LogP contribution in [0.4, 0.5) is 0 Å². The maximum Gasteiger partial charge on any atom is 0.214 e. The van der Waals surface area contributed by atoms with E-state index in [0.717, 1.165) is 18.4 Å². The molecule has 1 aliphatic heterocycles. The van der Waals surface area contributed by atoms with E-state index in [4.69, 9.17) is 15.2 Å². The Bertz CT molecular complexity index is 416. The lowest BCUT2D eigenvalue weighted by Gasteiger charge is -2.18. The Hall–Kier alpha value is -1.81. The lowest BCUT2D eigenvalue weighted by Crippen LogP contribution is -2.19. The molecule has 0 atom stereocenters. The first kappa shape index (κ1) is 10.7. The number of carbonyl (C=O) groups is 1. The van der Waals surface area contributed by atoms with Gasteiger partial charge in [0.2, 0.25) is 11.5 Å². The highest BCUT2D eigenvalue weighted by molar-refractivity contribution is 5.95. The van der Waals surface area contributed by atoms with Crippen LogP contribution in [0.2, 0.25) is 0 Å². The number of ketones is 1. The molecule has 0 fully saturated rings. The summed E-state index contributed by atoms with van der Waals surface area (Å²) in [6.07, 6.45) is 10.6. The molecule has 16 heavy (non-hydrogen) atoms. The molecule has 0 saturated carbocycles. The van der Waals surface area contributed by atoms with Gasteiger partial charge in [0.1, 0.15) is 12.5 Å². The van der Waals surface area contributed by atoms with Crippen LogP contribution in [0.25, 0.3) is 0 Å². The number of rotatable bonds is 3. The third-order valence-corrected chi connectivity index (χ3v) is 2.36. The molecule has 1 aliphatic carbocycles. The average Bonchev–Trinajstić information content (AvgIpc) is 2.39. The van der Waals surface area contributed by atoms with Crippen molar-refractivity contribution in [2.45, 2.75) is 12.8 Å². The zero-order chi connectivity index (χ0) is 11.4. The third kappa shape index (κ3) is 2.23. The van der Waals surface area contributed by atoms with Crippen LogP contribution in [0.15, 0.2) is 47.8 Å². The van der Waals surface area contributed by atoms with Gasteiger partial charge in [-0.05, 0) is 18.4 Å². The van der Waals surface area contributed by atoms with Gasteiger partial charge in [0.15, 0.2) is 5.76 Å². The molecule has 0 unspecified atom stereocenters. The Morgan fingerprint density at radius 3 is 3.00 bits per heavy atom. The van der Waals surface area contributed by atoms with Crippen molar-refractivity contribution in [1.82, 2.24) is 0 Å². The molecular formula is C12H13NO3. The first-order valence-electron chi connectivity index (χ1n) is 5.14. The van der Waals surface area contributed by atoms with Gasteiger partial charge >= 0.3 is 0 Å². The molecular weight excluding hydrogens is 206 g/mol. The quantitative estimate of drug-likeness (QED) is 0.781. The first-order valence-corrected chi connectivity index (χ1v) is 5.14. The van der Waals surface area contributed by atoms with E-state index in [-0.39, 0.29) is 18.1 Å². The van der Waals surface area contributed by atoms with Gasteiger partial charge < -0.3 is 15.2 Å². The van der Waals surface area contributed by atoms with E-state index in [1.165, 1.54) is 12.5 Å². The lowest BCUT2D eigenvalue weighted by molar-refractivity contribution is -0.117. The zero-order valence-corrected chi connectivity index (χ0v) is 8.81. The normalized spacial score (nSPS) is 18.9. The molecule has 4 heteroatoms. The monoisotopic (exact) mass is 219 g/mol. The predicted octanol–water partition coefficient (Wildman–Crippen LogP) is 1.52. The molecule has 1 heterocycles. The van der Waals surface area contributed by atoms with Crippen LogP contribution in [0.1, 0.15) is 12.8 Å². The van der Waals surface area contributed by atoms with Crippen molar-refractivity contribution in [3.63, 3.8) is 0 Å². The molecule has 0 bridgehead atoms. The van der Waals surface area contributed by atoms with Crippen LogP contribution in [-0.4, -0.2) is 12.3 Å². The number of ether oxygens (including phenoxy) is 2. The maximum absolute atomic E-state index is 11.3. The SMILES string of the molecule is NCC(=O)C1=COC=C(C2=CC=CCC2)O1. The summed E-state index contributed by atoms with van der Waals surface area (Å²) < 4.78 is 10.5. The second-order valence-electron chi connectivity index (χ2n) is 3.49. The Labute approximate surface area is 93.7 Å². The van der Waals surface area contributed by atoms with Crippen molar-refractivity contribution in [3.8, 4) is 0 Å². The minimum atomic E-state index is -0.266. The van der Waals surface area contributed by atoms with Crippen LogP contribution in [0.3, 0.4) is 0 Å². The van der Waals surface area contributed by atoms with E-state index in [1.54, 1.807) is 0 Å². The van der Waals surface area contributed by atoms with E-state index in [2.05, 4.69) is 6.08 Å². The van der Waals surface area contributed by atoms with Gasteiger partial charge in [-0.1, -0.05) is 18.2 Å². The van der Waals surface area contributed by atoms with Crippen molar-refractivity contribution >= 4 is 5.78 Å². The fourth-order valence-corrected chi connectivity index (χ4v) is 1.50. The van der Waals surface area contributed by atoms with Crippen LogP contribution in [0, 0.1) is 0 Å².